The van der Waals surface area contributed by atoms with Crippen molar-refractivity contribution >= 4 is 29.4 Å². The molecule has 1 aromatic rings. The molecule has 0 aliphatic carbocycles. The van der Waals surface area contributed by atoms with E-state index in [4.69, 9.17) is 0 Å². The second kappa shape index (κ2) is 4.48. The summed E-state index contributed by atoms with van der Waals surface area (Å²) < 4.78 is 1.10. The smallest absolute Gasteiger partial charge is 0.152 e. The van der Waals surface area contributed by atoms with Crippen molar-refractivity contribution in [3.05, 3.63) is 29.2 Å². The largest absolute Gasteiger partial charge is 0.298 e. The lowest BCUT2D eigenvalue weighted by Gasteiger charge is -1.92. The molecule has 1 heterocycles. The van der Waals surface area contributed by atoms with Crippen molar-refractivity contribution in [2.45, 2.75) is 11.1 Å². The molecule has 0 spiro atoms. The Hall–Kier alpha value is -0.540. The monoisotopic (exact) mass is 198 g/mol. The molecule has 0 atom stereocenters. The lowest BCUT2D eigenvalue weighted by Crippen LogP contribution is -1.76. The molecule has 0 radical (unpaired) electrons. The molecule has 0 N–H and O–H groups in total. The molecule has 0 aliphatic heterocycles. The highest BCUT2D eigenvalue weighted by Gasteiger charge is 2.04. The van der Waals surface area contributed by atoms with E-state index in [-0.39, 0.29) is 0 Å². The van der Waals surface area contributed by atoms with Crippen LogP contribution in [0.15, 0.2) is 22.9 Å². The Balaban J connectivity index is 2.81. The number of carbonyl (C=O) groups excluding carboxylic acids is 1. The molecule has 0 aromatic carbocycles. The molecule has 1 nitrogen and oxygen atoms in total. The van der Waals surface area contributed by atoms with Gasteiger partial charge < -0.3 is 0 Å². The first-order valence-corrected chi connectivity index (χ1v) is 5.37. The van der Waals surface area contributed by atoms with Crippen LogP contribution in [0.2, 0.25) is 0 Å². The van der Waals surface area contributed by atoms with Gasteiger partial charge in [-0.3, -0.25) is 4.79 Å². The van der Waals surface area contributed by atoms with Crippen molar-refractivity contribution in [1.82, 2.24) is 0 Å². The SMILES string of the molecule is C=CCSc1sc(C)cc1C=O. The van der Waals surface area contributed by atoms with E-state index in [0.717, 1.165) is 21.8 Å². The van der Waals surface area contributed by atoms with E-state index in [1.807, 2.05) is 19.1 Å². The number of hydrogen-bond acceptors (Lipinski definition) is 3. The summed E-state index contributed by atoms with van der Waals surface area (Å²) in [6.45, 7) is 5.64. The molecule has 0 saturated heterocycles. The zero-order chi connectivity index (χ0) is 8.97. The fourth-order valence-electron chi connectivity index (χ4n) is 0.842. The highest BCUT2D eigenvalue weighted by atomic mass is 32.2. The van der Waals surface area contributed by atoms with Crippen molar-refractivity contribution < 1.29 is 4.79 Å². The first kappa shape index (κ1) is 9.55. The van der Waals surface area contributed by atoms with E-state index >= 15 is 0 Å². The average Bonchev–Trinajstić information content (AvgIpc) is 2.42. The van der Waals surface area contributed by atoms with Gasteiger partial charge >= 0.3 is 0 Å². The first-order valence-electron chi connectivity index (χ1n) is 3.57. The normalized spacial score (nSPS) is 9.75. The Morgan fingerprint density at radius 1 is 1.75 bits per heavy atom. The zero-order valence-corrected chi connectivity index (χ0v) is 8.50. The van der Waals surface area contributed by atoms with Gasteiger partial charge in [0.1, 0.15) is 0 Å². The number of aryl methyl sites for hydroxylation is 1. The number of aldehydes is 1. The third kappa shape index (κ3) is 2.22. The van der Waals surface area contributed by atoms with Crippen LogP contribution in [-0.4, -0.2) is 12.0 Å². The van der Waals surface area contributed by atoms with Gasteiger partial charge in [0.2, 0.25) is 0 Å². The van der Waals surface area contributed by atoms with Gasteiger partial charge in [-0.15, -0.1) is 29.7 Å². The molecule has 0 aliphatic rings. The summed E-state index contributed by atoms with van der Waals surface area (Å²) >= 11 is 3.32. The molecule has 0 saturated carbocycles. The van der Waals surface area contributed by atoms with Crippen LogP contribution in [0.1, 0.15) is 15.2 Å². The summed E-state index contributed by atoms with van der Waals surface area (Å²) in [4.78, 5) is 11.8. The Kier molecular flexibility index (Phi) is 3.56. The molecular formula is C9H10OS2. The Morgan fingerprint density at radius 2 is 2.50 bits per heavy atom. The number of carbonyl (C=O) groups is 1. The van der Waals surface area contributed by atoms with Crippen molar-refractivity contribution in [3.63, 3.8) is 0 Å². The summed E-state index contributed by atoms with van der Waals surface area (Å²) in [6.07, 6.45) is 2.75. The van der Waals surface area contributed by atoms with Gasteiger partial charge in [-0.2, -0.15) is 0 Å². The molecule has 1 aromatic heterocycles. The van der Waals surface area contributed by atoms with Crippen LogP contribution < -0.4 is 0 Å². The summed E-state index contributed by atoms with van der Waals surface area (Å²) in [5, 5.41) is 0. The molecule has 12 heavy (non-hydrogen) atoms. The molecule has 0 fully saturated rings. The van der Waals surface area contributed by atoms with E-state index in [1.165, 1.54) is 4.88 Å². The molecule has 1 rings (SSSR count). The maximum absolute atomic E-state index is 10.6. The van der Waals surface area contributed by atoms with Gasteiger partial charge in [0.05, 0.1) is 4.21 Å². The van der Waals surface area contributed by atoms with E-state index in [1.54, 1.807) is 23.1 Å². The van der Waals surface area contributed by atoms with Crippen molar-refractivity contribution in [2.24, 2.45) is 0 Å². The van der Waals surface area contributed by atoms with Crippen LogP contribution in [0.3, 0.4) is 0 Å². The Morgan fingerprint density at radius 3 is 3.08 bits per heavy atom. The molecule has 0 unspecified atom stereocenters. The zero-order valence-electron chi connectivity index (χ0n) is 6.87. The molecular weight excluding hydrogens is 188 g/mol. The molecule has 0 bridgehead atoms. The number of thioether (sulfide) groups is 1. The Bertz CT molecular complexity index is 289. The van der Waals surface area contributed by atoms with Gasteiger partial charge in [0, 0.05) is 16.2 Å². The molecule has 3 heteroatoms. The highest BCUT2D eigenvalue weighted by Crippen LogP contribution is 2.30. The quantitative estimate of drug-likeness (QED) is 0.420. The van der Waals surface area contributed by atoms with Crippen LogP contribution in [0, 0.1) is 6.92 Å². The van der Waals surface area contributed by atoms with Crippen LogP contribution in [0.25, 0.3) is 0 Å². The molecule has 0 amide bonds. The lowest BCUT2D eigenvalue weighted by molar-refractivity contribution is 0.112. The van der Waals surface area contributed by atoms with Crippen LogP contribution in [0.5, 0.6) is 0 Å². The third-order valence-electron chi connectivity index (χ3n) is 1.31. The summed E-state index contributed by atoms with van der Waals surface area (Å²) in [7, 11) is 0. The van der Waals surface area contributed by atoms with Crippen LogP contribution in [-0.2, 0) is 0 Å². The van der Waals surface area contributed by atoms with E-state index in [9.17, 15) is 4.79 Å². The number of hydrogen-bond donors (Lipinski definition) is 0. The predicted molar refractivity (Wildman–Crippen MR) is 55.4 cm³/mol. The minimum Gasteiger partial charge on any atom is -0.298 e. The van der Waals surface area contributed by atoms with E-state index < -0.39 is 0 Å². The topological polar surface area (TPSA) is 17.1 Å². The average molecular weight is 198 g/mol. The predicted octanol–water partition coefficient (Wildman–Crippen LogP) is 3.15. The summed E-state index contributed by atoms with van der Waals surface area (Å²) in [5.41, 5.74) is 0.810. The summed E-state index contributed by atoms with van der Waals surface area (Å²) in [5.74, 6) is 0.862. The minimum atomic E-state index is 0.810. The maximum atomic E-state index is 10.6. The van der Waals surface area contributed by atoms with E-state index in [0.29, 0.717) is 0 Å². The third-order valence-corrected chi connectivity index (χ3v) is 3.67. The Labute approximate surface area is 80.5 Å². The first-order chi connectivity index (χ1) is 5.77. The highest BCUT2D eigenvalue weighted by molar-refractivity contribution is 8.01. The van der Waals surface area contributed by atoms with Crippen LogP contribution in [0.4, 0.5) is 0 Å². The number of thiophene rings is 1. The van der Waals surface area contributed by atoms with Gasteiger partial charge in [-0.05, 0) is 13.0 Å². The lowest BCUT2D eigenvalue weighted by atomic mass is 10.3. The fraction of sp³-hybridized carbons (Fsp3) is 0.222. The van der Waals surface area contributed by atoms with Gasteiger partial charge in [-0.1, -0.05) is 6.08 Å². The van der Waals surface area contributed by atoms with Crippen molar-refractivity contribution in [1.29, 1.82) is 0 Å². The van der Waals surface area contributed by atoms with Gasteiger partial charge in [0.25, 0.3) is 0 Å². The molecule has 64 valence electrons. The van der Waals surface area contributed by atoms with Crippen molar-refractivity contribution in [2.75, 3.05) is 5.75 Å². The second-order valence-corrected chi connectivity index (χ2v) is 4.86. The number of rotatable bonds is 4. The summed E-state index contributed by atoms with van der Waals surface area (Å²) in [6, 6.07) is 1.92. The second-order valence-electron chi connectivity index (χ2n) is 2.32. The van der Waals surface area contributed by atoms with Gasteiger partial charge in [0.15, 0.2) is 6.29 Å². The van der Waals surface area contributed by atoms with Crippen LogP contribution >= 0.6 is 23.1 Å². The fourth-order valence-corrected chi connectivity index (χ4v) is 2.92. The standard InChI is InChI=1S/C9H10OS2/c1-3-4-11-9-8(6-10)5-7(2)12-9/h3,5-6H,1,4H2,2H3. The van der Waals surface area contributed by atoms with Gasteiger partial charge in [-0.25, -0.2) is 0 Å². The minimum absolute atomic E-state index is 0.810. The van der Waals surface area contributed by atoms with Crippen molar-refractivity contribution in [3.8, 4) is 0 Å². The van der Waals surface area contributed by atoms with E-state index in [2.05, 4.69) is 6.58 Å². The maximum Gasteiger partial charge on any atom is 0.152 e.